The van der Waals surface area contributed by atoms with Crippen LogP contribution in [0.15, 0.2) is 48.5 Å². The minimum Gasteiger partial charge on any atom is -0.494 e. The third kappa shape index (κ3) is 4.02. The molecular formula is C18H23NO. The topological polar surface area (TPSA) is 21.3 Å². The molecule has 0 aliphatic carbocycles. The number of ether oxygens (including phenoxy) is 1. The summed E-state index contributed by atoms with van der Waals surface area (Å²) >= 11 is 0. The van der Waals surface area contributed by atoms with E-state index in [0.717, 1.165) is 24.5 Å². The Balaban J connectivity index is 2.05. The molecule has 0 radical (unpaired) electrons. The largest absolute Gasteiger partial charge is 0.494 e. The summed E-state index contributed by atoms with van der Waals surface area (Å²) in [6, 6.07) is 17.0. The summed E-state index contributed by atoms with van der Waals surface area (Å²) in [5, 5.41) is 3.52. The first kappa shape index (κ1) is 14.4. The second-order valence-corrected chi connectivity index (χ2v) is 5.16. The molecule has 2 aromatic rings. The van der Waals surface area contributed by atoms with Gasteiger partial charge in [-0.15, -0.1) is 0 Å². The van der Waals surface area contributed by atoms with E-state index in [2.05, 4.69) is 62.5 Å². The smallest absolute Gasteiger partial charge is 0.121 e. The van der Waals surface area contributed by atoms with E-state index in [1.165, 1.54) is 11.1 Å². The molecule has 0 amide bonds. The standard InChI is InChI=1S/C18H23NO/c1-4-11-20-18-10-6-9-17(13-18)19-15(3)16-8-5-7-14(2)12-16/h5-10,12-13,15,19H,4,11H2,1-3H3. The van der Waals surface area contributed by atoms with Crippen molar-refractivity contribution in [2.45, 2.75) is 33.2 Å². The van der Waals surface area contributed by atoms with Gasteiger partial charge in [0.1, 0.15) is 5.75 Å². The Morgan fingerprint density at radius 3 is 2.65 bits per heavy atom. The summed E-state index contributed by atoms with van der Waals surface area (Å²) in [5.74, 6) is 0.924. The van der Waals surface area contributed by atoms with Crippen LogP contribution < -0.4 is 10.1 Å². The predicted molar refractivity (Wildman–Crippen MR) is 85.4 cm³/mol. The highest BCUT2D eigenvalue weighted by Gasteiger charge is 2.06. The highest BCUT2D eigenvalue weighted by Crippen LogP contribution is 2.23. The first-order chi connectivity index (χ1) is 9.69. The molecule has 20 heavy (non-hydrogen) atoms. The van der Waals surface area contributed by atoms with Crippen molar-refractivity contribution in [1.29, 1.82) is 0 Å². The van der Waals surface area contributed by atoms with Crippen LogP contribution in [0.3, 0.4) is 0 Å². The highest BCUT2D eigenvalue weighted by molar-refractivity contribution is 5.50. The van der Waals surface area contributed by atoms with Crippen molar-refractivity contribution >= 4 is 5.69 Å². The lowest BCUT2D eigenvalue weighted by Crippen LogP contribution is -2.07. The van der Waals surface area contributed by atoms with Crippen molar-refractivity contribution in [2.75, 3.05) is 11.9 Å². The van der Waals surface area contributed by atoms with Gasteiger partial charge >= 0.3 is 0 Å². The predicted octanol–water partition coefficient (Wildman–Crippen LogP) is 4.96. The monoisotopic (exact) mass is 269 g/mol. The summed E-state index contributed by atoms with van der Waals surface area (Å²) in [6.07, 6.45) is 1.03. The van der Waals surface area contributed by atoms with Crippen molar-refractivity contribution in [2.24, 2.45) is 0 Å². The van der Waals surface area contributed by atoms with Crippen LogP contribution in [0.1, 0.15) is 37.4 Å². The average molecular weight is 269 g/mol. The van der Waals surface area contributed by atoms with E-state index in [0.29, 0.717) is 0 Å². The summed E-state index contributed by atoms with van der Waals surface area (Å²) < 4.78 is 5.66. The van der Waals surface area contributed by atoms with Crippen LogP contribution in [0.5, 0.6) is 5.75 Å². The van der Waals surface area contributed by atoms with E-state index in [9.17, 15) is 0 Å². The average Bonchev–Trinajstić information content (AvgIpc) is 2.45. The van der Waals surface area contributed by atoms with Crippen molar-refractivity contribution in [3.8, 4) is 5.75 Å². The van der Waals surface area contributed by atoms with Gasteiger partial charge in [0.15, 0.2) is 0 Å². The molecule has 0 saturated heterocycles. The third-order valence-electron chi connectivity index (χ3n) is 3.23. The molecule has 0 spiro atoms. The van der Waals surface area contributed by atoms with Gasteiger partial charge in [-0.05, 0) is 38.0 Å². The minimum atomic E-state index is 0.274. The van der Waals surface area contributed by atoms with Gasteiger partial charge < -0.3 is 10.1 Å². The second-order valence-electron chi connectivity index (χ2n) is 5.16. The fraction of sp³-hybridized carbons (Fsp3) is 0.333. The molecule has 1 atom stereocenters. The van der Waals surface area contributed by atoms with Crippen LogP contribution >= 0.6 is 0 Å². The zero-order valence-corrected chi connectivity index (χ0v) is 12.5. The molecule has 0 aromatic heterocycles. The lowest BCUT2D eigenvalue weighted by Gasteiger charge is -2.17. The number of anilines is 1. The summed E-state index contributed by atoms with van der Waals surface area (Å²) in [6.45, 7) is 7.17. The molecule has 2 aromatic carbocycles. The summed E-state index contributed by atoms with van der Waals surface area (Å²) in [4.78, 5) is 0. The van der Waals surface area contributed by atoms with Gasteiger partial charge in [-0.1, -0.05) is 42.8 Å². The van der Waals surface area contributed by atoms with E-state index in [-0.39, 0.29) is 6.04 Å². The molecule has 2 rings (SSSR count). The molecule has 0 heterocycles. The molecule has 1 unspecified atom stereocenters. The molecule has 106 valence electrons. The molecule has 0 aliphatic rings. The van der Waals surface area contributed by atoms with Crippen LogP contribution in [0.4, 0.5) is 5.69 Å². The number of hydrogen-bond acceptors (Lipinski definition) is 2. The zero-order valence-electron chi connectivity index (χ0n) is 12.5. The summed E-state index contributed by atoms with van der Waals surface area (Å²) in [5.41, 5.74) is 3.67. The molecular weight excluding hydrogens is 246 g/mol. The van der Waals surface area contributed by atoms with Crippen LogP contribution in [-0.4, -0.2) is 6.61 Å². The fourth-order valence-electron chi connectivity index (χ4n) is 2.17. The lowest BCUT2D eigenvalue weighted by atomic mass is 10.1. The quantitative estimate of drug-likeness (QED) is 0.800. The molecule has 0 fully saturated rings. The Hall–Kier alpha value is -1.96. The maximum Gasteiger partial charge on any atom is 0.121 e. The first-order valence-electron chi connectivity index (χ1n) is 7.25. The van der Waals surface area contributed by atoms with Crippen molar-refractivity contribution in [3.63, 3.8) is 0 Å². The number of nitrogens with one attached hydrogen (secondary N) is 1. The lowest BCUT2D eigenvalue weighted by molar-refractivity contribution is 0.317. The third-order valence-corrected chi connectivity index (χ3v) is 3.23. The molecule has 2 heteroatoms. The van der Waals surface area contributed by atoms with E-state index in [1.807, 2.05) is 12.1 Å². The second kappa shape index (κ2) is 6.99. The Labute approximate surface area is 121 Å². The Bertz CT molecular complexity index is 551. The normalized spacial score (nSPS) is 11.9. The SMILES string of the molecule is CCCOc1cccc(NC(C)c2cccc(C)c2)c1. The van der Waals surface area contributed by atoms with Crippen molar-refractivity contribution in [1.82, 2.24) is 0 Å². The molecule has 0 bridgehead atoms. The molecule has 2 nitrogen and oxygen atoms in total. The molecule has 1 N–H and O–H groups in total. The summed E-state index contributed by atoms with van der Waals surface area (Å²) in [7, 11) is 0. The van der Waals surface area contributed by atoms with Gasteiger partial charge in [0.2, 0.25) is 0 Å². The first-order valence-corrected chi connectivity index (χ1v) is 7.25. The van der Waals surface area contributed by atoms with E-state index in [4.69, 9.17) is 4.74 Å². The maximum atomic E-state index is 5.66. The van der Waals surface area contributed by atoms with Crippen molar-refractivity contribution < 1.29 is 4.74 Å². The number of rotatable bonds is 6. The number of benzene rings is 2. The van der Waals surface area contributed by atoms with Gasteiger partial charge in [0, 0.05) is 17.8 Å². The highest BCUT2D eigenvalue weighted by atomic mass is 16.5. The van der Waals surface area contributed by atoms with Gasteiger partial charge in [0.25, 0.3) is 0 Å². The number of aryl methyl sites for hydroxylation is 1. The minimum absolute atomic E-state index is 0.274. The van der Waals surface area contributed by atoms with E-state index < -0.39 is 0 Å². The molecule has 0 saturated carbocycles. The van der Waals surface area contributed by atoms with Gasteiger partial charge in [-0.2, -0.15) is 0 Å². The van der Waals surface area contributed by atoms with Crippen LogP contribution in [0.2, 0.25) is 0 Å². The maximum absolute atomic E-state index is 5.66. The van der Waals surface area contributed by atoms with Gasteiger partial charge in [-0.3, -0.25) is 0 Å². The Morgan fingerprint density at radius 1 is 1.10 bits per heavy atom. The van der Waals surface area contributed by atoms with Crippen LogP contribution in [-0.2, 0) is 0 Å². The van der Waals surface area contributed by atoms with E-state index >= 15 is 0 Å². The van der Waals surface area contributed by atoms with E-state index in [1.54, 1.807) is 0 Å². The van der Waals surface area contributed by atoms with Gasteiger partial charge in [-0.25, -0.2) is 0 Å². The van der Waals surface area contributed by atoms with Crippen molar-refractivity contribution in [3.05, 3.63) is 59.7 Å². The van der Waals surface area contributed by atoms with Crippen LogP contribution in [0, 0.1) is 6.92 Å². The Morgan fingerprint density at radius 2 is 1.90 bits per heavy atom. The van der Waals surface area contributed by atoms with Crippen LogP contribution in [0.25, 0.3) is 0 Å². The molecule has 0 aliphatic heterocycles. The Kier molecular flexibility index (Phi) is 5.05. The number of hydrogen-bond donors (Lipinski definition) is 1. The fourth-order valence-corrected chi connectivity index (χ4v) is 2.17. The zero-order chi connectivity index (χ0) is 14.4. The van der Waals surface area contributed by atoms with Gasteiger partial charge in [0.05, 0.1) is 6.61 Å².